The van der Waals surface area contributed by atoms with Crippen molar-refractivity contribution in [2.75, 3.05) is 18.0 Å². The average Bonchev–Trinajstić information content (AvgIpc) is 2.39. The summed E-state index contributed by atoms with van der Waals surface area (Å²) in [5, 5.41) is 3.05. The number of nitrogens with one attached hydrogen (secondary N) is 1. The summed E-state index contributed by atoms with van der Waals surface area (Å²) < 4.78 is 0. The fourth-order valence-electron chi connectivity index (χ4n) is 2.34. The molecule has 0 bridgehead atoms. The normalized spacial score (nSPS) is 20.2. The SMILES string of the molecule is CC(C)(N)C(=O)NC1CCCN(c2ccccc2)C1. The van der Waals surface area contributed by atoms with Gasteiger partial charge in [-0.25, -0.2) is 0 Å². The zero-order chi connectivity index (χ0) is 13.9. The number of piperidine rings is 1. The van der Waals surface area contributed by atoms with Gasteiger partial charge in [0.15, 0.2) is 0 Å². The van der Waals surface area contributed by atoms with Gasteiger partial charge in [0.2, 0.25) is 5.91 Å². The van der Waals surface area contributed by atoms with E-state index in [0.717, 1.165) is 25.9 Å². The van der Waals surface area contributed by atoms with Crippen LogP contribution in [0.4, 0.5) is 5.69 Å². The van der Waals surface area contributed by atoms with Crippen molar-refractivity contribution < 1.29 is 4.79 Å². The topological polar surface area (TPSA) is 58.4 Å². The highest BCUT2D eigenvalue weighted by molar-refractivity contribution is 5.85. The third kappa shape index (κ3) is 3.70. The van der Waals surface area contributed by atoms with Crippen LogP contribution in [0.1, 0.15) is 26.7 Å². The maximum atomic E-state index is 11.9. The second-order valence-corrected chi connectivity index (χ2v) is 5.82. The Bertz CT molecular complexity index is 425. The zero-order valence-corrected chi connectivity index (χ0v) is 11.7. The molecule has 0 aliphatic carbocycles. The number of nitrogens with zero attached hydrogens (tertiary/aromatic N) is 1. The van der Waals surface area contributed by atoms with E-state index >= 15 is 0 Å². The van der Waals surface area contributed by atoms with E-state index in [-0.39, 0.29) is 11.9 Å². The summed E-state index contributed by atoms with van der Waals surface area (Å²) in [5.41, 5.74) is 6.22. The highest BCUT2D eigenvalue weighted by atomic mass is 16.2. The molecule has 1 heterocycles. The third-order valence-electron chi connectivity index (χ3n) is 3.46. The average molecular weight is 261 g/mol. The van der Waals surface area contributed by atoms with Gasteiger partial charge in [0.1, 0.15) is 0 Å². The van der Waals surface area contributed by atoms with Crippen molar-refractivity contribution in [3.63, 3.8) is 0 Å². The van der Waals surface area contributed by atoms with Crippen molar-refractivity contribution in [2.24, 2.45) is 5.73 Å². The number of nitrogens with two attached hydrogens (primary N) is 1. The Morgan fingerprint density at radius 2 is 2.05 bits per heavy atom. The number of amides is 1. The molecule has 1 unspecified atom stereocenters. The van der Waals surface area contributed by atoms with Gasteiger partial charge in [-0.15, -0.1) is 0 Å². The van der Waals surface area contributed by atoms with Crippen molar-refractivity contribution in [3.05, 3.63) is 30.3 Å². The van der Waals surface area contributed by atoms with E-state index in [9.17, 15) is 4.79 Å². The fraction of sp³-hybridized carbons (Fsp3) is 0.533. The van der Waals surface area contributed by atoms with Crippen molar-refractivity contribution in [3.8, 4) is 0 Å². The molecule has 0 radical (unpaired) electrons. The fourth-order valence-corrected chi connectivity index (χ4v) is 2.34. The van der Waals surface area contributed by atoms with E-state index in [1.54, 1.807) is 13.8 Å². The molecule has 4 nitrogen and oxygen atoms in total. The molecule has 2 rings (SSSR count). The number of anilines is 1. The number of hydrogen-bond acceptors (Lipinski definition) is 3. The summed E-state index contributed by atoms with van der Waals surface area (Å²) in [6, 6.07) is 10.5. The van der Waals surface area contributed by atoms with Gasteiger partial charge in [-0.05, 0) is 38.8 Å². The van der Waals surface area contributed by atoms with Crippen LogP contribution in [0, 0.1) is 0 Å². The van der Waals surface area contributed by atoms with Crippen LogP contribution >= 0.6 is 0 Å². The highest BCUT2D eigenvalue weighted by Crippen LogP contribution is 2.19. The Morgan fingerprint density at radius 1 is 1.37 bits per heavy atom. The van der Waals surface area contributed by atoms with Crippen LogP contribution in [-0.4, -0.2) is 30.6 Å². The standard InChI is InChI=1S/C15H23N3O/c1-15(2,16)14(19)17-12-7-6-10-18(11-12)13-8-4-3-5-9-13/h3-5,8-9,12H,6-7,10-11,16H2,1-2H3,(H,17,19). The Morgan fingerprint density at radius 3 is 2.68 bits per heavy atom. The molecule has 1 aliphatic heterocycles. The molecule has 3 N–H and O–H groups in total. The number of carbonyl (C=O) groups excluding carboxylic acids is 1. The van der Waals surface area contributed by atoms with E-state index in [1.165, 1.54) is 5.69 Å². The number of benzene rings is 1. The largest absolute Gasteiger partial charge is 0.369 e. The number of para-hydroxylation sites is 1. The lowest BCUT2D eigenvalue weighted by Gasteiger charge is -2.35. The minimum absolute atomic E-state index is 0.0765. The first-order valence-electron chi connectivity index (χ1n) is 6.86. The lowest BCUT2D eigenvalue weighted by Crippen LogP contribution is -2.55. The molecule has 1 fully saturated rings. The van der Waals surface area contributed by atoms with Gasteiger partial charge in [-0.1, -0.05) is 18.2 Å². The summed E-state index contributed by atoms with van der Waals surface area (Å²) in [5.74, 6) is -0.0765. The second-order valence-electron chi connectivity index (χ2n) is 5.82. The Balaban J connectivity index is 1.96. The van der Waals surface area contributed by atoms with Crippen LogP contribution in [-0.2, 0) is 4.79 Å². The monoisotopic (exact) mass is 261 g/mol. The maximum absolute atomic E-state index is 11.9. The van der Waals surface area contributed by atoms with Gasteiger partial charge in [0.05, 0.1) is 5.54 Å². The Hall–Kier alpha value is -1.55. The number of rotatable bonds is 3. The lowest BCUT2D eigenvalue weighted by atomic mass is 10.0. The summed E-state index contributed by atoms with van der Waals surface area (Å²) >= 11 is 0. The molecular weight excluding hydrogens is 238 g/mol. The Labute approximate surface area is 115 Å². The van der Waals surface area contributed by atoms with E-state index in [1.807, 2.05) is 18.2 Å². The van der Waals surface area contributed by atoms with E-state index < -0.39 is 5.54 Å². The maximum Gasteiger partial charge on any atom is 0.239 e. The summed E-state index contributed by atoms with van der Waals surface area (Å²) in [7, 11) is 0. The zero-order valence-electron chi connectivity index (χ0n) is 11.7. The van der Waals surface area contributed by atoms with E-state index in [2.05, 4.69) is 22.3 Å². The third-order valence-corrected chi connectivity index (χ3v) is 3.46. The highest BCUT2D eigenvalue weighted by Gasteiger charge is 2.27. The smallest absolute Gasteiger partial charge is 0.239 e. The van der Waals surface area contributed by atoms with Gasteiger partial charge in [0, 0.05) is 24.8 Å². The second kappa shape index (κ2) is 5.61. The van der Waals surface area contributed by atoms with Gasteiger partial charge in [-0.3, -0.25) is 4.79 Å². The molecule has 0 aromatic heterocycles. The van der Waals surface area contributed by atoms with Gasteiger partial charge >= 0.3 is 0 Å². The van der Waals surface area contributed by atoms with Gasteiger partial charge in [0.25, 0.3) is 0 Å². The van der Waals surface area contributed by atoms with E-state index in [0.29, 0.717) is 0 Å². The van der Waals surface area contributed by atoms with Crippen LogP contribution in [0.5, 0.6) is 0 Å². The minimum Gasteiger partial charge on any atom is -0.369 e. The first-order valence-corrected chi connectivity index (χ1v) is 6.86. The molecule has 1 aromatic rings. The minimum atomic E-state index is -0.810. The lowest BCUT2D eigenvalue weighted by molar-refractivity contribution is -0.126. The molecular formula is C15H23N3O. The molecule has 1 saturated heterocycles. The summed E-state index contributed by atoms with van der Waals surface area (Å²) in [6.07, 6.45) is 2.11. The quantitative estimate of drug-likeness (QED) is 0.867. The predicted molar refractivity (Wildman–Crippen MR) is 78.1 cm³/mol. The van der Waals surface area contributed by atoms with Crippen LogP contribution in [0.25, 0.3) is 0 Å². The van der Waals surface area contributed by atoms with E-state index in [4.69, 9.17) is 5.73 Å². The molecule has 1 amide bonds. The molecule has 4 heteroatoms. The molecule has 1 aromatic carbocycles. The van der Waals surface area contributed by atoms with Gasteiger partial charge < -0.3 is 16.0 Å². The first kappa shape index (κ1) is 13.9. The van der Waals surface area contributed by atoms with Crippen molar-refractivity contribution in [1.29, 1.82) is 0 Å². The number of hydrogen-bond donors (Lipinski definition) is 2. The first-order chi connectivity index (χ1) is 8.97. The van der Waals surface area contributed by atoms with Crippen molar-refractivity contribution in [2.45, 2.75) is 38.3 Å². The molecule has 1 aliphatic rings. The van der Waals surface area contributed by atoms with Crippen LogP contribution in [0.15, 0.2) is 30.3 Å². The molecule has 19 heavy (non-hydrogen) atoms. The molecule has 0 spiro atoms. The van der Waals surface area contributed by atoms with Crippen molar-refractivity contribution in [1.82, 2.24) is 5.32 Å². The Kier molecular flexibility index (Phi) is 4.10. The molecule has 104 valence electrons. The summed E-state index contributed by atoms with van der Waals surface area (Å²) in [4.78, 5) is 14.2. The van der Waals surface area contributed by atoms with Crippen LogP contribution in [0.3, 0.4) is 0 Å². The summed E-state index contributed by atoms with van der Waals surface area (Å²) in [6.45, 7) is 5.37. The molecule has 1 atom stereocenters. The van der Waals surface area contributed by atoms with Crippen molar-refractivity contribution >= 4 is 11.6 Å². The predicted octanol–water partition coefficient (Wildman–Crippen LogP) is 1.51. The number of carbonyl (C=O) groups is 1. The van der Waals surface area contributed by atoms with Crippen LogP contribution < -0.4 is 16.0 Å². The van der Waals surface area contributed by atoms with Crippen LogP contribution in [0.2, 0.25) is 0 Å². The molecule has 0 saturated carbocycles. The van der Waals surface area contributed by atoms with Gasteiger partial charge in [-0.2, -0.15) is 0 Å².